The molecular weight excluding hydrogens is 182 g/mol. The van der Waals surface area contributed by atoms with Crippen molar-refractivity contribution in [1.82, 2.24) is 5.32 Å². The van der Waals surface area contributed by atoms with Gasteiger partial charge in [0.2, 0.25) is 0 Å². The minimum absolute atomic E-state index is 0.320. The number of rotatable bonds is 8. The predicted molar refractivity (Wildman–Crippen MR) is 61.3 cm³/mol. The van der Waals surface area contributed by atoms with Crippen molar-refractivity contribution in [3.05, 3.63) is 0 Å². The minimum atomic E-state index is 0.320. The van der Waals surface area contributed by atoms with Crippen LogP contribution in [0.15, 0.2) is 0 Å². The molecule has 0 aliphatic heterocycles. The Morgan fingerprint density at radius 3 is 2.62 bits per heavy atom. The third-order valence-electron chi connectivity index (χ3n) is 2.45. The molecule has 2 N–H and O–H groups in total. The van der Waals surface area contributed by atoms with Gasteiger partial charge in [-0.1, -0.05) is 20.3 Å². The van der Waals surface area contributed by atoms with Crippen LogP contribution >= 0.6 is 11.8 Å². The van der Waals surface area contributed by atoms with Crippen molar-refractivity contribution < 1.29 is 5.11 Å². The maximum absolute atomic E-state index is 8.62. The van der Waals surface area contributed by atoms with Gasteiger partial charge in [0.15, 0.2) is 0 Å². The summed E-state index contributed by atoms with van der Waals surface area (Å²) < 4.78 is 0. The van der Waals surface area contributed by atoms with Crippen LogP contribution in [0.25, 0.3) is 0 Å². The van der Waals surface area contributed by atoms with Gasteiger partial charge in [-0.25, -0.2) is 0 Å². The Kier molecular flexibility index (Phi) is 9.03. The third-order valence-corrected chi connectivity index (χ3v) is 3.62. The highest BCUT2D eigenvalue weighted by molar-refractivity contribution is 7.99. The van der Waals surface area contributed by atoms with E-state index in [1.54, 1.807) is 0 Å². The second-order valence-corrected chi connectivity index (χ2v) is 4.58. The number of aliphatic hydroxyl groups is 1. The standard InChI is InChI=1S/C10H23NOS/c1-4-9(2)10(11-3)8-13-7-5-6-12/h9-12H,4-8H2,1-3H3. The van der Waals surface area contributed by atoms with Crippen molar-refractivity contribution in [2.45, 2.75) is 32.7 Å². The van der Waals surface area contributed by atoms with Gasteiger partial charge in [0.1, 0.15) is 0 Å². The van der Waals surface area contributed by atoms with Gasteiger partial charge in [-0.05, 0) is 25.1 Å². The van der Waals surface area contributed by atoms with Crippen molar-refractivity contribution in [2.75, 3.05) is 25.2 Å². The first-order valence-electron chi connectivity index (χ1n) is 5.12. The third kappa shape index (κ3) is 6.36. The monoisotopic (exact) mass is 205 g/mol. The van der Waals surface area contributed by atoms with E-state index in [-0.39, 0.29) is 0 Å². The molecule has 0 heterocycles. The van der Waals surface area contributed by atoms with Crippen LogP contribution in [0.2, 0.25) is 0 Å². The molecule has 0 spiro atoms. The molecule has 3 heteroatoms. The van der Waals surface area contributed by atoms with Crippen molar-refractivity contribution >= 4 is 11.8 Å². The molecule has 80 valence electrons. The molecule has 0 aromatic carbocycles. The highest BCUT2D eigenvalue weighted by Crippen LogP contribution is 2.13. The summed E-state index contributed by atoms with van der Waals surface area (Å²) in [6.07, 6.45) is 2.15. The van der Waals surface area contributed by atoms with Gasteiger partial charge in [0.25, 0.3) is 0 Å². The van der Waals surface area contributed by atoms with E-state index in [1.165, 1.54) is 6.42 Å². The van der Waals surface area contributed by atoms with Crippen molar-refractivity contribution in [2.24, 2.45) is 5.92 Å². The van der Waals surface area contributed by atoms with E-state index >= 15 is 0 Å². The summed E-state index contributed by atoms with van der Waals surface area (Å²) in [5, 5.41) is 12.0. The first-order chi connectivity index (χ1) is 6.26. The van der Waals surface area contributed by atoms with E-state index in [2.05, 4.69) is 19.2 Å². The summed E-state index contributed by atoms with van der Waals surface area (Å²) >= 11 is 1.93. The molecule has 13 heavy (non-hydrogen) atoms. The number of aliphatic hydroxyl groups excluding tert-OH is 1. The minimum Gasteiger partial charge on any atom is -0.396 e. The van der Waals surface area contributed by atoms with E-state index in [9.17, 15) is 0 Å². The lowest BCUT2D eigenvalue weighted by molar-refractivity contribution is 0.296. The highest BCUT2D eigenvalue weighted by Gasteiger charge is 2.12. The molecule has 0 radical (unpaired) electrons. The Balaban J connectivity index is 3.47. The van der Waals surface area contributed by atoms with E-state index in [1.807, 2.05) is 18.8 Å². The molecule has 0 saturated heterocycles. The largest absolute Gasteiger partial charge is 0.396 e. The molecule has 0 aromatic rings. The Morgan fingerprint density at radius 1 is 1.46 bits per heavy atom. The molecule has 0 saturated carbocycles. The molecule has 0 bridgehead atoms. The molecule has 0 fully saturated rings. The zero-order chi connectivity index (χ0) is 10.1. The van der Waals surface area contributed by atoms with E-state index in [0.717, 1.165) is 23.8 Å². The van der Waals surface area contributed by atoms with Gasteiger partial charge in [-0.15, -0.1) is 0 Å². The molecule has 2 atom stereocenters. The van der Waals surface area contributed by atoms with E-state index < -0.39 is 0 Å². The normalized spacial score (nSPS) is 15.7. The van der Waals surface area contributed by atoms with Crippen LogP contribution in [0.3, 0.4) is 0 Å². The number of thioether (sulfide) groups is 1. The lowest BCUT2D eigenvalue weighted by Crippen LogP contribution is -2.34. The van der Waals surface area contributed by atoms with Gasteiger partial charge in [0.05, 0.1) is 0 Å². The molecule has 0 aliphatic carbocycles. The fourth-order valence-corrected chi connectivity index (χ4v) is 2.44. The lowest BCUT2D eigenvalue weighted by Gasteiger charge is -2.21. The summed E-state index contributed by atoms with van der Waals surface area (Å²) in [4.78, 5) is 0. The zero-order valence-electron chi connectivity index (χ0n) is 9.05. The average Bonchev–Trinajstić information content (AvgIpc) is 2.17. The van der Waals surface area contributed by atoms with Crippen LogP contribution in [0, 0.1) is 5.92 Å². The molecule has 0 amide bonds. The number of hydrogen-bond donors (Lipinski definition) is 2. The fraction of sp³-hybridized carbons (Fsp3) is 1.00. The van der Waals surface area contributed by atoms with Crippen molar-refractivity contribution in [1.29, 1.82) is 0 Å². The maximum Gasteiger partial charge on any atom is 0.0438 e. The Bertz CT molecular complexity index is 111. The second-order valence-electron chi connectivity index (χ2n) is 3.43. The summed E-state index contributed by atoms with van der Waals surface area (Å²) in [5.41, 5.74) is 0. The van der Waals surface area contributed by atoms with Crippen LogP contribution in [-0.2, 0) is 0 Å². The zero-order valence-corrected chi connectivity index (χ0v) is 9.86. The molecule has 2 nitrogen and oxygen atoms in total. The van der Waals surface area contributed by atoms with Gasteiger partial charge in [-0.3, -0.25) is 0 Å². The van der Waals surface area contributed by atoms with Crippen LogP contribution in [0.4, 0.5) is 0 Å². The Morgan fingerprint density at radius 2 is 2.15 bits per heavy atom. The summed E-state index contributed by atoms with van der Waals surface area (Å²) in [7, 11) is 2.03. The number of hydrogen-bond acceptors (Lipinski definition) is 3. The molecular formula is C10H23NOS. The van der Waals surface area contributed by atoms with Gasteiger partial charge < -0.3 is 10.4 Å². The van der Waals surface area contributed by atoms with Gasteiger partial charge in [-0.2, -0.15) is 11.8 Å². The topological polar surface area (TPSA) is 32.3 Å². The van der Waals surface area contributed by atoms with Crippen molar-refractivity contribution in [3.8, 4) is 0 Å². The molecule has 2 unspecified atom stereocenters. The average molecular weight is 205 g/mol. The Labute approximate surface area is 86.5 Å². The maximum atomic E-state index is 8.62. The summed E-state index contributed by atoms with van der Waals surface area (Å²) in [6.45, 7) is 4.84. The number of nitrogens with one attached hydrogen (secondary N) is 1. The van der Waals surface area contributed by atoms with E-state index in [0.29, 0.717) is 12.6 Å². The predicted octanol–water partition coefficient (Wildman–Crippen LogP) is 1.74. The molecule has 0 aromatic heterocycles. The van der Waals surface area contributed by atoms with Crippen LogP contribution < -0.4 is 5.32 Å². The van der Waals surface area contributed by atoms with Gasteiger partial charge in [0, 0.05) is 18.4 Å². The summed E-state index contributed by atoms with van der Waals surface area (Å²) in [6, 6.07) is 0.619. The highest BCUT2D eigenvalue weighted by atomic mass is 32.2. The molecule has 0 rings (SSSR count). The summed E-state index contributed by atoms with van der Waals surface area (Å²) in [5.74, 6) is 2.98. The van der Waals surface area contributed by atoms with Crippen LogP contribution in [0.5, 0.6) is 0 Å². The molecule has 0 aliphatic rings. The van der Waals surface area contributed by atoms with E-state index in [4.69, 9.17) is 5.11 Å². The van der Waals surface area contributed by atoms with Crippen molar-refractivity contribution in [3.63, 3.8) is 0 Å². The Hall–Kier alpha value is 0.270. The smallest absolute Gasteiger partial charge is 0.0438 e. The second kappa shape index (κ2) is 8.85. The fourth-order valence-electron chi connectivity index (χ4n) is 1.19. The van der Waals surface area contributed by atoms with Gasteiger partial charge >= 0.3 is 0 Å². The van der Waals surface area contributed by atoms with Crippen LogP contribution in [0.1, 0.15) is 26.7 Å². The van der Waals surface area contributed by atoms with Crippen LogP contribution in [-0.4, -0.2) is 36.3 Å². The first kappa shape index (κ1) is 13.3. The SMILES string of the molecule is CCC(C)C(CSCCCO)NC. The quantitative estimate of drug-likeness (QED) is 0.592. The first-order valence-corrected chi connectivity index (χ1v) is 6.27. The lowest BCUT2D eigenvalue weighted by atomic mass is 10.0.